The highest BCUT2D eigenvalue weighted by Crippen LogP contribution is 2.25. The van der Waals surface area contributed by atoms with E-state index >= 15 is 0 Å². The molecule has 3 aromatic rings. The summed E-state index contributed by atoms with van der Waals surface area (Å²) in [5.41, 5.74) is 1.78. The number of ketones is 1. The van der Waals surface area contributed by atoms with Crippen LogP contribution in [0.2, 0.25) is 0 Å². The molecule has 0 aliphatic heterocycles. The fourth-order valence-corrected chi connectivity index (χ4v) is 3.61. The van der Waals surface area contributed by atoms with Crippen LogP contribution in [0.5, 0.6) is 5.75 Å². The van der Waals surface area contributed by atoms with Crippen molar-refractivity contribution in [2.75, 3.05) is 7.11 Å². The van der Waals surface area contributed by atoms with Crippen molar-refractivity contribution in [3.8, 4) is 5.75 Å². The van der Waals surface area contributed by atoms with Crippen molar-refractivity contribution in [3.05, 3.63) is 84.1 Å². The molecule has 2 heterocycles. The van der Waals surface area contributed by atoms with Gasteiger partial charge in [0.25, 0.3) is 0 Å². The smallest absolute Gasteiger partial charge is 0.176 e. The number of Topliss-reactive ketones (excluding diaryl/α,β-unsaturated/α-hetero) is 1. The lowest BCUT2D eigenvalue weighted by molar-refractivity contribution is 0.0989. The molecule has 2 aromatic heterocycles. The number of thioether (sulfide) groups is 1. The number of rotatable bonds is 8. The first-order valence-corrected chi connectivity index (χ1v) is 9.02. The van der Waals surface area contributed by atoms with Gasteiger partial charge in [-0.1, -0.05) is 12.1 Å². The summed E-state index contributed by atoms with van der Waals surface area (Å²) >= 11 is 1.59. The number of aromatic nitrogens is 1. The molecule has 0 bridgehead atoms. The van der Waals surface area contributed by atoms with Crippen LogP contribution < -0.4 is 4.74 Å². The maximum Gasteiger partial charge on any atom is 0.176 e. The maximum atomic E-state index is 12.9. The van der Waals surface area contributed by atoms with E-state index in [-0.39, 0.29) is 11.0 Å². The highest BCUT2D eigenvalue weighted by Gasteiger charge is 2.21. The van der Waals surface area contributed by atoms with E-state index in [1.165, 1.54) is 0 Å². The molecular formula is C20H19NO3S. The molecule has 0 saturated carbocycles. The van der Waals surface area contributed by atoms with E-state index < -0.39 is 0 Å². The summed E-state index contributed by atoms with van der Waals surface area (Å²) in [6.45, 7) is 0. The van der Waals surface area contributed by atoms with Crippen LogP contribution in [0.3, 0.4) is 0 Å². The largest absolute Gasteiger partial charge is 0.497 e. The minimum Gasteiger partial charge on any atom is -0.497 e. The summed E-state index contributed by atoms with van der Waals surface area (Å²) in [7, 11) is 1.64. The highest BCUT2D eigenvalue weighted by atomic mass is 32.2. The summed E-state index contributed by atoms with van der Waals surface area (Å²) < 4.78 is 10.6. The normalized spacial score (nSPS) is 11.9. The Bertz CT molecular complexity index is 786. The summed E-state index contributed by atoms with van der Waals surface area (Å²) in [5, 5.41) is -0.194. The van der Waals surface area contributed by atoms with Gasteiger partial charge in [0.05, 0.1) is 24.4 Å². The van der Waals surface area contributed by atoms with Crippen LogP contribution in [0.4, 0.5) is 0 Å². The Kier molecular flexibility index (Phi) is 5.90. The molecule has 0 aliphatic rings. The Morgan fingerprint density at radius 2 is 1.92 bits per heavy atom. The number of benzene rings is 1. The summed E-state index contributed by atoms with van der Waals surface area (Å²) in [6.07, 6.45) is 5.60. The zero-order valence-corrected chi connectivity index (χ0v) is 14.7. The average Bonchev–Trinajstić information content (AvgIpc) is 3.19. The van der Waals surface area contributed by atoms with Gasteiger partial charge < -0.3 is 9.15 Å². The van der Waals surface area contributed by atoms with Gasteiger partial charge in [-0.2, -0.15) is 0 Å². The maximum absolute atomic E-state index is 12.9. The summed E-state index contributed by atoms with van der Waals surface area (Å²) in [6, 6.07) is 15.1. The standard InChI is InChI=1S/C20H19NO3S/c1-23-17-6-4-15(5-7-17)13-19(25-14-18-3-2-12-24-18)20(22)16-8-10-21-11-9-16/h2-12,19H,13-14H2,1H3. The Hall–Kier alpha value is -2.53. The predicted molar refractivity (Wildman–Crippen MR) is 99.1 cm³/mol. The lowest BCUT2D eigenvalue weighted by Crippen LogP contribution is -2.20. The molecule has 1 aromatic carbocycles. The van der Waals surface area contributed by atoms with E-state index in [1.807, 2.05) is 36.4 Å². The molecule has 1 unspecified atom stereocenters. The molecule has 4 nitrogen and oxygen atoms in total. The van der Waals surface area contributed by atoms with E-state index in [1.54, 1.807) is 49.7 Å². The molecule has 0 aliphatic carbocycles. The lowest BCUT2D eigenvalue weighted by atomic mass is 10.0. The van der Waals surface area contributed by atoms with Crippen LogP contribution in [-0.4, -0.2) is 23.1 Å². The number of methoxy groups -OCH3 is 1. The molecule has 25 heavy (non-hydrogen) atoms. The fourth-order valence-electron chi connectivity index (χ4n) is 2.48. The number of carbonyl (C=O) groups is 1. The second-order valence-corrected chi connectivity index (χ2v) is 6.72. The topological polar surface area (TPSA) is 52.3 Å². The third kappa shape index (κ3) is 4.73. The molecule has 1 atom stereocenters. The number of ether oxygens (including phenoxy) is 1. The zero-order valence-electron chi connectivity index (χ0n) is 13.9. The van der Waals surface area contributed by atoms with Crippen molar-refractivity contribution in [2.45, 2.75) is 17.4 Å². The molecule has 0 radical (unpaired) electrons. The van der Waals surface area contributed by atoms with Gasteiger partial charge in [-0.25, -0.2) is 0 Å². The van der Waals surface area contributed by atoms with E-state index in [0.717, 1.165) is 17.1 Å². The first kappa shape index (κ1) is 17.3. The molecule has 0 spiro atoms. The minimum absolute atomic E-state index is 0.106. The average molecular weight is 353 g/mol. The van der Waals surface area contributed by atoms with Gasteiger partial charge in [0, 0.05) is 18.0 Å². The molecule has 0 fully saturated rings. The highest BCUT2D eigenvalue weighted by molar-refractivity contribution is 7.99. The van der Waals surface area contributed by atoms with E-state index in [2.05, 4.69) is 4.98 Å². The minimum atomic E-state index is -0.194. The van der Waals surface area contributed by atoms with Crippen LogP contribution in [0.15, 0.2) is 71.6 Å². The predicted octanol–water partition coefficient (Wildman–Crippen LogP) is 4.41. The first-order valence-electron chi connectivity index (χ1n) is 7.97. The number of hydrogen-bond donors (Lipinski definition) is 0. The van der Waals surface area contributed by atoms with Gasteiger partial charge in [-0.05, 0) is 48.4 Å². The molecule has 5 heteroatoms. The van der Waals surface area contributed by atoms with Crippen molar-refractivity contribution in [1.29, 1.82) is 0 Å². The van der Waals surface area contributed by atoms with Gasteiger partial charge in [0.15, 0.2) is 5.78 Å². The number of furan rings is 1. The molecular weight excluding hydrogens is 334 g/mol. The molecule has 0 amide bonds. The number of carbonyl (C=O) groups excluding carboxylic acids is 1. The van der Waals surface area contributed by atoms with Crippen LogP contribution in [0.25, 0.3) is 0 Å². The summed E-state index contributed by atoms with van der Waals surface area (Å²) in [4.78, 5) is 16.9. The Balaban J connectivity index is 1.76. The van der Waals surface area contributed by atoms with E-state index in [4.69, 9.17) is 9.15 Å². The van der Waals surface area contributed by atoms with Gasteiger partial charge in [-0.15, -0.1) is 11.8 Å². The van der Waals surface area contributed by atoms with Crippen LogP contribution in [-0.2, 0) is 12.2 Å². The molecule has 3 rings (SSSR count). The SMILES string of the molecule is COc1ccc(CC(SCc2ccco2)C(=O)c2ccncc2)cc1. The van der Waals surface area contributed by atoms with Crippen LogP contribution in [0, 0.1) is 0 Å². The van der Waals surface area contributed by atoms with Crippen LogP contribution in [0.1, 0.15) is 21.7 Å². The van der Waals surface area contributed by atoms with Gasteiger partial charge in [0.2, 0.25) is 0 Å². The Morgan fingerprint density at radius 3 is 2.56 bits per heavy atom. The quantitative estimate of drug-likeness (QED) is 0.562. The van der Waals surface area contributed by atoms with E-state index in [9.17, 15) is 4.79 Å². The third-order valence-electron chi connectivity index (χ3n) is 3.84. The molecule has 128 valence electrons. The molecule has 0 N–H and O–H groups in total. The third-order valence-corrected chi connectivity index (χ3v) is 5.08. The van der Waals surface area contributed by atoms with Crippen molar-refractivity contribution in [2.24, 2.45) is 0 Å². The van der Waals surface area contributed by atoms with E-state index in [0.29, 0.717) is 17.7 Å². The Labute approximate surface area is 151 Å². The van der Waals surface area contributed by atoms with Crippen molar-refractivity contribution >= 4 is 17.5 Å². The van der Waals surface area contributed by atoms with Gasteiger partial charge >= 0.3 is 0 Å². The van der Waals surface area contributed by atoms with Crippen LogP contribution >= 0.6 is 11.8 Å². The second kappa shape index (κ2) is 8.53. The Morgan fingerprint density at radius 1 is 1.16 bits per heavy atom. The van der Waals surface area contributed by atoms with Gasteiger partial charge in [-0.3, -0.25) is 9.78 Å². The second-order valence-electron chi connectivity index (χ2n) is 5.53. The number of pyridine rings is 1. The van der Waals surface area contributed by atoms with Crippen molar-refractivity contribution in [1.82, 2.24) is 4.98 Å². The number of nitrogens with zero attached hydrogens (tertiary/aromatic N) is 1. The zero-order chi connectivity index (χ0) is 17.5. The number of hydrogen-bond acceptors (Lipinski definition) is 5. The fraction of sp³-hybridized carbons (Fsp3) is 0.200. The molecule has 0 saturated heterocycles. The van der Waals surface area contributed by atoms with Crippen molar-refractivity contribution < 1.29 is 13.9 Å². The lowest BCUT2D eigenvalue weighted by Gasteiger charge is -2.15. The van der Waals surface area contributed by atoms with Gasteiger partial charge in [0.1, 0.15) is 11.5 Å². The van der Waals surface area contributed by atoms with Crippen molar-refractivity contribution in [3.63, 3.8) is 0 Å². The monoisotopic (exact) mass is 353 g/mol. The first-order chi connectivity index (χ1) is 12.3. The summed E-state index contributed by atoms with van der Waals surface area (Å²) in [5.74, 6) is 2.44.